The smallest absolute Gasteiger partial charge is 0.173 e. The first-order valence-electron chi connectivity index (χ1n) is 9.27. The van der Waals surface area contributed by atoms with Crippen molar-refractivity contribution in [3.8, 4) is 0 Å². The minimum atomic E-state index is 0.735. The van der Waals surface area contributed by atoms with Crippen molar-refractivity contribution >= 4 is 46.0 Å². The maximum absolute atomic E-state index is 5.97. The fourth-order valence-corrected chi connectivity index (χ4v) is 4.37. The number of halogens is 1. The standard InChI is InChI=1S/C20H26ClN3S2/c21-17-7-9-18(10-8-17)22-20(25)24(16-19-6-4-15-26-19)14-5-13-23-11-2-1-3-12-23/h4,6-10,15H,1-3,5,11-14,16H2,(H,22,25). The predicted octanol–water partition coefficient (Wildman–Crippen LogP) is 5.48. The van der Waals surface area contributed by atoms with Crippen molar-refractivity contribution < 1.29 is 0 Å². The van der Waals surface area contributed by atoms with Gasteiger partial charge in [0.05, 0.1) is 6.54 Å². The van der Waals surface area contributed by atoms with Gasteiger partial charge >= 0.3 is 0 Å². The molecule has 2 heterocycles. The van der Waals surface area contributed by atoms with E-state index < -0.39 is 0 Å². The maximum Gasteiger partial charge on any atom is 0.173 e. The van der Waals surface area contributed by atoms with Crippen LogP contribution in [0.25, 0.3) is 0 Å². The van der Waals surface area contributed by atoms with Gasteiger partial charge in [-0.15, -0.1) is 11.3 Å². The zero-order valence-corrected chi connectivity index (χ0v) is 17.4. The van der Waals surface area contributed by atoms with Crippen molar-refractivity contribution in [2.45, 2.75) is 32.2 Å². The maximum atomic E-state index is 5.97. The Morgan fingerprint density at radius 2 is 1.92 bits per heavy atom. The first kappa shape index (κ1) is 19.6. The molecule has 3 rings (SSSR count). The average molecular weight is 408 g/mol. The Bertz CT molecular complexity index is 667. The first-order chi connectivity index (χ1) is 12.7. The number of benzene rings is 1. The lowest BCUT2D eigenvalue weighted by Crippen LogP contribution is -2.37. The number of likely N-dealkylation sites (tertiary alicyclic amines) is 1. The Hall–Kier alpha value is -1.14. The van der Waals surface area contributed by atoms with Gasteiger partial charge in [0.2, 0.25) is 0 Å². The molecule has 0 bridgehead atoms. The zero-order valence-electron chi connectivity index (χ0n) is 15.0. The van der Waals surface area contributed by atoms with Crippen LogP contribution in [0.5, 0.6) is 0 Å². The van der Waals surface area contributed by atoms with Crippen LogP contribution in [0.15, 0.2) is 41.8 Å². The van der Waals surface area contributed by atoms with E-state index in [0.29, 0.717) is 0 Å². The van der Waals surface area contributed by atoms with Gasteiger partial charge in [0.25, 0.3) is 0 Å². The SMILES string of the molecule is S=C(Nc1ccc(Cl)cc1)N(CCCN1CCCCC1)Cc1cccs1. The van der Waals surface area contributed by atoms with E-state index in [4.69, 9.17) is 23.8 Å². The van der Waals surface area contributed by atoms with Crippen LogP contribution in [0, 0.1) is 0 Å². The monoisotopic (exact) mass is 407 g/mol. The molecule has 0 radical (unpaired) electrons. The van der Waals surface area contributed by atoms with Crippen LogP contribution >= 0.6 is 35.2 Å². The zero-order chi connectivity index (χ0) is 18.2. The Labute approximate surface area is 171 Å². The first-order valence-corrected chi connectivity index (χ1v) is 10.9. The molecule has 0 saturated carbocycles. The van der Waals surface area contributed by atoms with Crippen LogP contribution in [0.4, 0.5) is 5.69 Å². The highest BCUT2D eigenvalue weighted by atomic mass is 35.5. The van der Waals surface area contributed by atoms with Crippen LogP contribution in [-0.4, -0.2) is 41.1 Å². The molecule has 0 aliphatic carbocycles. The van der Waals surface area contributed by atoms with E-state index in [2.05, 4.69) is 32.6 Å². The Balaban J connectivity index is 1.56. The summed E-state index contributed by atoms with van der Waals surface area (Å²) in [4.78, 5) is 6.20. The van der Waals surface area contributed by atoms with E-state index in [1.807, 2.05) is 24.3 Å². The summed E-state index contributed by atoms with van der Waals surface area (Å²) in [7, 11) is 0. The van der Waals surface area contributed by atoms with E-state index in [9.17, 15) is 0 Å². The number of hydrogen-bond acceptors (Lipinski definition) is 3. The second-order valence-electron chi connectivity index (χ2n) is 6.69. The molecule has 1 saturated heterocycles. The van der Waals surface area contributed by atoms with Gasteiger partial charge in [0.15, 0.2) is 5.11 Å². The third-order valence-corrected chi connectivity index (χ3v) is 6.13. The van der Waals surface area contributed by atoms with Crippen molar-refractivity contribution in [1.29, 1.82) is 0 Å². The van der Waals surface area contributed by atoms with Gasteiger partial charge < -0.3 is 15.1 Å². The van der Waals surface area contributed by atoms with Crippen LogP contribution < -0.4 is 5.32 Å². The summed E-state index contributed by atoms with van der Waals surface area (Å²) >= 11 is 13.5. The number of anilines is 1. The Morgan fingerprint density at radius 1 is 1.15 bits per heavy atom. The highest BCUT2D eigenvalue weighted by molar-refractivity contribution is 7.80. The van der Waals surface area contributed by atoms with Crippen molar-refractivity contribution in [3.63, 3.8) is 0 Å². The number of hydrogen-bond donors (Lipinski definition) is 1. The van der Waals surface area contributed by atoms with Gasteiger partial charge in [-0.2, -0.15) is 0 Å². The van der Waals surface area contributed by atoms with Gasteiger partial charge in [-0.25, -0.2) is 0 Å². The summed E-state index contributed by atoms with van der Waals surface area (Å²) in [5.41, 5.74) is 0.978. The number of piperidine rings is 1. The highest BCUT2D eigenvalue weighted by Crippen LogP contribution is 2.17. The van der Waals surface area contributed by atoms with Gasteiger partial charge in [-0.3, -0.25) is 0 Å². The molecular weight excluding hydrogens is 382 g/mol. The lowest BCUT2D eigenvalue weighted by atomic mass is 10.1. The van der Waals surface area contributed by atoms with Crippen molar-refractivity contribution in [2.75, 3.05) is 31.5 Å². The summed E-state index contributed by atoms with van der Waals surface area (Å²) in [6.07, 6.45) is 5.20. The van der Waals surface area contributed by atoms with E-state index in [1.54, 1.807) is 11.3 Å². The number of thiophene rings is 1. The van der Waals surface area contributed by atoms with Crippen LogP contribution in [0.2, 0.25) is 5.02 Å². The largest absolute Gasteiger partial charge is 0.344 e. The fraction of sp³-hybridized carbons (Fsp3) is 0.450. The van der Waals surface area contributed by atoms with Crippen molar-refractivity contribution in [3.05, 3.63) is 51.7 Å². The molecule has 1 aromatic heterocycles. The third-order valence-electron chi connectivity index (χ3n) is 4.66. The molecule has 0 atom stereocenters. The quantitative estimate of drug-likeness (QED) is 0.612. The third kappa shape index (κ3) is 6.23. The summed E-state index contributed by atoms with van der Waals surface area (Å²) in [5, 5.41) is 6.99. The highest BCUT2D eigenvalue weighted by Gasteiger charge is 2.14. The molecule has 1 aromatic carbocycles. The second kappa shape index (κ2) is 10.3. The molecule has 26 heavy (non-hydrogen) atoms. The summed E-state index contributed by atoms with van der Waals surface area (Å²) in [5.74, 6) is 0. The second-order valence-corrected chi connectivity index (χ2v) is 8.55. The van der Waals surface area contributed by atoms with Gasteiger partial charge in [0.1, 0.15) is 0 Å². The number of rotatable bonds is 7. The van der Waals surface area contributed by atoms with Crippen molar-refractivity contribution in [1.82, 2.24) is 9.80 Å². The molecule has 0 amide bonds. The minimum absolute atomic E-state index is 0.735. The molecule has 1 N–H and O–H groups in total. The van der Waals surface area contributed by atoms with Crippen LogP contribution in [-0.2, 0) is 6.54 Å². The number of thiocarbonyl (C=S) groups is 1. The molecule has 140 valence electrons. The summed E-state index contributed by atoms with van der Waals surface area (Å²) in [6.45, 7) is 5.48. The fourth-order valence-electron chi connectivity index (χ4n) is 3.25. The topological polar surface area (TPSA) is 18.5 Å². The lowest BCUT2D eigenvalue weighted by molar-refractivity contribution is 0.218. The van der Waals surface area contributed by atoms with Gasteiger partial charge in [0, 0.05) is 22.1 Å². The Kier molecular flexibility index (Phi) is 7.74. The molecule has 1 fully saturated rings. The normalized spacial score (nSPS) is 15.0. The van der Waals surface area contributed by atoms with E-state index in [0.717, 1.165) is 41.9 Å². The molecule has 1 aliphatic rings. The van der Waals surface area contributed by atoms with Gasteiger partial charge in [-0.1, -0.05) is 24.1 Å². The molecule has 6 heteroatoms. The van der Waals surface area contributed by atoms with Crippen LogP contribution in [0.3, 0.4) is 0 Å². The summed E-state index contributed by atoms with van der Waals surface area (Å²) < 4.78 is 0. The summed E-state index contributed by atoms with van der Waals surface area (Å²) in [6, 6.07) is 12.0. The molecule has 0 unspecified atom stereocenters. The number of nitrogens with one attached hydrogen (secondary N) is 1. The molecule has 2 aromatic rings. The Morgan fingerprint density at radius 3 is 2.62 bits per heavy atom. The van der Waals surface area contributed by atoms with E-state index in [-0.39, 0.29) is 0 Å². The van der Waals surface area contributed by atoms with Crippen molar-refractivity contribution in [2.24, 2.45) is 0 Å². The molecule has 3 nitrogen and oxygen atoms in total. The van der Waals surface area contributed by atoms with E-state index in [1.165, 1.54) is 37.2 Å². The van der Waals surface area contributed by atoms with Crippen LogP contribution in [0.1, 0.15) is 30.6 Å². The minimum Gasteiger partial charge on any atom is -0.344 e. The number of nitrogens with zero attached hydrogens (tertiary/aromatic N) is 2. The average Bonchev–Trinajstić information content (AvgIpc) is 3.17. The molecule has 0 spiro atoms. The molecular formula is C20H26ClN3S2. The predicted molar refractivity (Wildman–Crippen MR) is 117 cm³/mol. The van der Waals surface area contributed by atoms with Gasteiger partial charge in [-0.05, 0) is 86.8 Å². The lowest BCUT2D eigenvalue weighted by Gasteiger charge is -2.29. The van der Waals surface area contributed by atoms with E-state index >= 15 is 0 Å². The molecule has 1 aliphatic heterocycles.